The molecular formula is C51H88O17P2. The summed E-state index contributed by atoms with van der Waals surface area (Å²) < 4.78 is 49.4. The maximum absolute atomic E-state index is 13.0. The molecule has 0 saturated heterocycles. The van der Waals surface area contributed by atoms with E-state index in [4.69, 9.17) is 23.6 Å². The number of esters is 2. The number of carbonyl (C=O) groups excluding carboxylic acids is 2. The molecule has 0 amide bonds. The van der Waals surface area contributed by atoms with Crippen LogP contribution in [-0.2, 0) is 41.8 Å². The van der Waals surface area contributed by atoms with Gasteiger partial charge in [-0.25, -0.2) is 9.13 Å². The Bertz CT molecular complexity index is 1630. The molecule has 0 bridgehead atoms. The van der Waals surface area contributed by atoms with Gasteiger partial charge in [0.1, 0.15) is 43.2 Å². The molecule has 0 heterocycles. The molecule has 0 spiro atoms. The highest BCUT2D eigenvalue weighted by Crippen LogP contribution is 2.49. The topological polar surface area (TPSA) is 276 Å². The van der Waals surface area contributed by atoms with Crippen LogP contribution in [0.5, 0.6) is 0 Å². The molecule has 1 fully saturated rings. The van der Waals surface area contributed by atoms with Crippen LogP contribution in [0.15, 0.2) is 72.9 Å². The molecule has 8 N–H and O–H groups in total. The fourth-order valence-electron chi connectivity index (χ4n) is 7.32. The van der Waals surface area contributed by atoms with Crippen LogP contribution < -0.4 is 0 Å². The summed E-state index contributed by atoms with van der Waals surface area (Å²) in [5, 5.41) is 50.1. The van der Waals surface area contributed by atoms with Gasteiger partial charge in [-0.2, -0.15) is 0 Å². The van der Waals surface area contributed by atoms with E-state index in [1.807, 2.05) is 12.2 Å². The first kappa shape index (κ1) is 65.4. The molecule has 0 aromatic heterocycles. The van der Waals surface area contributed by atoms with E-state index in [0.29, 0.717) is 19.3 Å². The zero-order valence-electron chi connectivity index (χ0n) is 41.6. The van der Waals surface area contributed by atoms with E-state index in [1.54, 1.807) is 0 Å². The zero-order valence-corrected chi connectivity index (χ0v) is 43.4. The predicted octanol–water partition coefficient (Wildman–Crippen LogP) is 9.37. The second-order valence-corrected chi connectivity index (χ2v) is 20.2. The number of aliphatic hydroxyl groups is 5. The smallest absolute Gasteiger partial charge is 0.462 e. The molecule has 1 aliphatic rings. The molecule has 0 aromatic rings. The molecule has 0 aliphatic heterocycles. The molecule has 1 aliphatic carbocycles. The van der Waals surface area contributed by atoms with Gasteiger partial charge < -0.3 is 49.7 Å². The van der Waals surface area contributed by atoms with Crippen LogP contribution >= 0.6 is 15.6 Å². The van der Waals surface area contributed by atoms with Gasteiger partial charge in [0, 0.05) is 19.4 Å². The van der Waals surface area contributed by atoms with Crippen molar-refractivity contribution in [2.75, 3.05) is 19.8 Å². The molecule has 8 atom stereocenters. The lowest BCUT2D eigenvalue weighted by molar-refractivity contribution is -0.216. The van der Waals surface area contributed by atoms with Crippen molar-refractivity contribution in [1.29, 1.82) is 0 Å². The van der Waals surface area contributed by atoms with Crippen molar-refractivity contribution in [2.45, 2.75) is 217 Å². The van der Waals surface area contributed by atoms with Gasteiger partial charge in [-0.15, -0.1) is 0 Å². The van der Waals surface area contributed by atoms with Crippen LogP contribution in [0.4, 0.5) is 0 Å². The highest BCUT2D eigenvalue weighted by molar-refractivity contribution is 7.47. The third kappa shape index (κ3) is 35.5. The fraction of sp³-hybridized carbons (Fsp3) is 0.725. The molecule has 0 radical (unpaired) electrons. The van der Waals surface area contributed by atoms with Gasteiger partial charge in [0.2, 0.25) is 0 Å². The Kier molecular flexibility index (Phi) is 39.1. The standard InChI is InChI=1S/C51H88O17P2/c1-2-3-4-5-6-7-8-9-10-11-12-14-18-21-24-27-30-33-36-39-45(54)66-43(42-65-70(62,63)68-51-48(57)46(55)47(56)50(49(51)58)67-69(59,60)61)41-64-44(53)38-35-32-29-26-23-20-17-15-13-16-19-22-25-28-31-34-37-40-52/h6-7,9-10,13,16-17,20,22,25-26,29,43,46-52,55-58H,2-5,8,11-12,14-15,18-19,21,23-24,27-28,30-42H2,1H3,(H,62,63)(H2,59,60,61)/b7-6-,10-9-,16-13-,20-17-,25-22-,29-26-/t43-,46?,47?,48?,49?,50-,51+/m1/s1. The van der Waals surface area contributed by atoms with Gasteiger partial charge in [-0.1, -0.05) is 144 Å². The summed E-state index contributed by atoms with van der Waals surface area (Å²) in [7, 11) is -10.7. The minimum absolute atomic E-state index is 0.0190. The molecule has 5 unspecified atom stereocenters. The third-order valence-electron chi connectivity index (χ3n) is 11.3. The Labute approximate surface area is 417 Å². The second-order valence-electron chi connectivity index (χ2n) is 17.6. The Balaban J connectivity index is 2.58. The molecule has 1 rings (SSSR count). The second kappa shape index (κ2) is 41.8. The number of rotatable bonds is 43. The van der Waals surface area contributed by atoms with Crippen LogP contribution in [0.2, 0.25) is 0 Å². The van der Waals surface area contributed by atoms with Crippen LogP contribution in [-0.4, -0.2) is 115 Å². The van der Waals surface area contributed by atoms with Crippen molar-refractivity contribution in [3.05, 3.63) is 72.9 Å². The lowest BCUT2D eigenvalue weighted by atomic mass is 9.85. The van der Waals surface area contributed by atoms with Crippen molar-refractivity contribution >= 4 is 27.6 Å². The minimum atomic E-state index is -5.38. The number of phosphoric acid groups is 2. The van der Waals surface area contributed by atoms with Crippen molar-refractivity contribution in [3.8, 4) is 0 Å². The predicted molar refractivity (Wildman–Crippen MR) is 270 cm³/mol. The highest BCUT2D eigenvalue weighted by Gasteiger charge is 2.54. The van der Waals surface area contributed by atoms with Crippen molar-refractivity contribution in [3.63, 3.8) is 0 Å². The van der Waals surface area contributed by atoms with E-state index < -0.39 is 83.5 Å². The van der Waals surface area contributed by atoms with E-state index in [-0.39, 0.29) is 19.4 Å². The first-order valence-electron chi connectivity index (χ1n) is 25.6. The Morgan fingerprint density at radius 1 is 0.486 bits per heavy atom. The van der Waals surface area contributed by atoms with Gasteiger partial charge in [0.15, 0.2) is 6.10 Å². The largest absolute Gasteiger partial charge is 0.472 e. The number of aliphatic hydroxyl groups excluding tert-OH is 5. The third-order valence-corrected chi connectivity index (χ3v) is 12.8. The number of allylic oxidation sites excluding steroid dienone is 12. The maximum Gasteiger partial charge on any atom is 0.472 e. The fourth-order valence-corrected chi connectivity index (χ4v) is 8.86. The van der Waals surface area contributed by atoms with Crippen LogP contribution in [0.25, 0.3) is 0 Å². The van der Waals surface area contributed by atoms with E-state index >= 15 is 0 Å². The molecule has 404 valence electrons. The van der Waals surface area contributed by atoms with E-state index in [2.05, 4.69) is 72.2 Å². The SMILES string of the molecule is CCCCC/C=C\C/C=C\CCCCCCCCCCCC(=O)O[C@H](COC(=O)CCC/C=C\C/C=C\C/C=C\C/C=C\CCCCCO)COP(=O)(O)O[C@H]1C(O)C(O)C(O)[C@@H](OP(=O)(O)O)C1O. The molecular weight excluding hydrogens is 946 g/mol. The highest BCUT2D eigenvalue weighted by atomic mass is 31.2. The van der Waals surface area contributed by atoms with Gasteiger partial charge in [-0.05, 0) is 89.9 Å². The zero-order chi connectivity index (χ0) is 51.7. The Morgan fingerprint density at radius 2 is 0.900 bits per heavy atom. The first-order valence-corrected chi connectivity index (χ1v) is 28.6. The number of hydrogen-bond donors (Lipinski definition) is 8. The van der Waals surface area contributed by atoms with Crippen molar-refractivity contribution in [1.82, 2.24) is 0 Å². The van der Waals surface area contributed by atoms with Gasteiger partial charge in [0.25, 0.3) is 0 Å². The lowest BCUT2D eigenvalue weighted by Crippen LogP contribution is -2.64. The van der Waals surface area contributed by atoms with Crippen molar-refractivity contribution < 1.29 is 82.0 Å². The van der Waals surface area contributed by atoms with Crippen molar-refractivity contribution in [2.24, 2.45) is 0 Å². The van der Waals surface area contributed by atoms with Gasteiger partial charge >= 0.3 is 27.6 Å². The summed E-state index contributed by atoms with van der Waals surface area (Å²) in [6, 6.07) is 0. The summed E-state index contributed by atoms with van der Waals surface area (Å²) in [6.45, 7) is 1.05. The van der Waals surface area contributed by atoms with Crippen LogP contribution in [0, 0.1) is 0 Å². The molecule has 1 saturated carbocycles. The number of ether oxygens (including phenoxy) is 2. The average molecular weight is 1040 g/mol. The number of carbonyl (C=O) groups is 2. The number of hydrogen-bond acceptors (Lipinski definition) is 14. The lowest BCUT2D eigenvalue weighted by Gasteiger charge is -2.43. The van der Waals surface area contributed by atoms with Crippen LogP contribution in [0.3, 0.4) is 0 Å². The minimum Gasteiger partial charge on any atom is -0.462 e. The molecule has 0 aromatic carbocycles. The molecule has 17 nitrogen and oxygen atoms in total. The summed E-state index contributed by atoms with van der Waals surface area (Å²) >= 11 is 0. The quantitative estimate of drug-likeness (QED) is 0.0122. The van der Waals surface area contributed by atoms with Gasteiger partial charge in [0.05, 0.1) is 6.61 Å². The Morgan fingerprint density at radius 3 is 1.39 bits per heavy atom. The van der Waals surface area contributed by atoms with E-state index in [1.165, 1.54) is 38.5 Å². The number of unbranched alkanes of at least 4 members (excludes halogenated alkanes) is 16. The molecule has 19 heteroatoms. The monoisotopic (exact) mass is 1030 g/mol. The van der Waals surface area contributed by atoms with E-state index in [0.717, 1.165) is 96.3 Å². The summed E-state index contributed by atoms with van der Waals surface area (Å²) in [5.74, 6) is -1.29. The Hall–Kier alpha value is -2.60. The normalized spacial score (nSPS) is 21.6. The van der Waals surface area contributed by atoms with E-state index in [9.17, 15) is 53.8 Å². The van der Waals surface area contributed by atoms with Crippen LogP contribution in [0.1, 0.15) is 174 Å². The average Bonchev–Trinajstić information content (AvgIpc) is 3.32. The first-order chi connectivity index (χ1) is 33.6. The summed E-state index contributed by atoms with van der Waals surface area (Å²) in [5.41, 5.74) is 0. The summed E-state index contributed by atoms with van der Waals surface area (Å²) in [6.07, 6.45) is 34.3. The van der Waals surface area contributed by atoms with Gasteiger partial charge in [-0.3, -0.25) is 23.2 Å². The summed E-state index contributed by atoms with van der Waals surface area (Å²) in [4.78, 5) is 54.4. The molecule has 70 heavy (non-hydrogen) atoms. The number of phosphoric ester groups is 2. The maximum atomic E-state index is 13.0.